The van der Waals surface area contributed by atoms with Gasteiger partial charge in [0.1, 0.15) is 11.5 Å². The molecular formula is C20H23N5O. The lowest BCUT2D eigenvalue weighted by Crippen LogP contribution is -2.32. The minimum Gasteiger partial charge on any atom is -0.460 e. The van der Waals surface area contributed by atoms with E-state index in [4.69, 9.17) is 4.42 Å². The van der Waals surface area contributed by atoms with E-state index < -0.39 is 0 Å². The molecular weight excluding hydrogens is 326 g/mol. The van der Waals surface area contributed by atoms with Crippen LogP contribution in [0.2, 0.25) is 0 Å². The third-order valence-electron chi connectivity index (χ3n) is 4.78. The molecule has 1 aliphatic rings. The fourth-order valence-corrected chi connectivity index (χ4v) is 3.40. The van der Waals surface area contributed by atoms with Gasteiger partial charge in [0, 0.05) is 31.9 Å². The Bertz CT molecular complexity index is 891. The summed E-state index contributed by atoms with van der Waals surface area (Å²) in [7, 11) is 0. The van der Waals surface area contributed by atoms with Crippen LogP contribution in [0.1, 0.15) is 17.7 Å². The predicted octanol–water partition coefficient (Wildman–Crippen LogP) is 3.47. The number of nitrogens with zero attached hydrogens (tertiary/aromatic N) is 5. The number of benzene rings is 1. The summed E-state index contributed by atoms with van der Waals surface area (Å²) in [4.78, 5) is 9.34. The first kappa shape index (κ1) is 16.6. The highest BCUT2D eigenvalue weighted by Gasteiger charge is 2.19. The minimum absolute atomic E-state index is 0.670. The topological polar surface area (TPSA) is 58.3 Å². The van der Waals surface area contributed by atoms with Gasteiger partial charge < -0.3 is 14.2 Å². The molecule has 0 aliphatic carbocycles. The third kappa shape index (κ3) is 3.40. The fraction of sp³-hybridized carbons (Fsp3) is 0.350. The molecule has 1 fully saturated rings. The number of para-hydroxylation sites is 1. The van der Waals surface area contributed by atoms with Gasteiger partial charge >= 0.3 is 0 Å². The molecule has 3 aromatic rings. The Morgan fingerprint density at radius 1 is 0.923 bits per heavy atom. The maximum atomic E-state index is 5.67. The van der Waals surface area contributed by atoms with E-state index in [1.54, 1.807) is 6.20 Å². The van der Waals surface area contributed by atoms with Crippen molar-refractivity contribution in [3.63, 3.8) is 0 Å². The molecule has 4 rings (SSSR count). The van der Waals surface area contributed by atoms with Gasteiger partial charge in [0.15, 0.2) is 5.76 Å². The van der Waals surface area contributed by atoms with Crippen LogP contribution in [0.4, 0.5) is 11.6 Å². The molecule has 2 aromatic heterocycles. The molecule has 0 saturated carbocycles. The van der Waals surface area contributed by atoms with Crippen LogP contribution in [0.5, 0.6) is 0 Å². The second-order valence-electron chi connectivity index (χ2n) is 6.67. The number of rotatable bonds is 3. The first-order valence-electron chi connectivity index (χ1n) is 9.03. The molecule has 1 aromatic carbocycles. The lowest BCUT2D eigenvalue weighted by Gasteiger charge is -2.25. The minimum atomic E-state index is 0.670. The number of hydrogen-bond donors (Lipinski definition) is 0. The molecule has 0 spiro atoms. The molecule has 1 saturated heterocycles. The standard InChI is InChI=1S/C20H23N5O/c1-15-6-3-4-7-18(15)24-10-5-11-25(13-12-24)20-22-17(14-21-23-20)19-9-8-16(2)26-19/h3-4,6-9,14H,5,10-13H2,1-2H3. The van der Waals surface area contributed by atoms with Crippen LogP contribution in [0, 0.1) is 13.8 Å². The van der Waals surface area contributed by atoms with Gasteiger partial charge in [-0.2, -0.15) is 5.10 Å². The molecule has 0 unspecified atom stereocenters. The highest BCUT2D eigenvalue weighted by molar-refractivity contribution is 5.54. The Hall–Kier alpha value is -2.89. The van der Waals surface area contributed by atoms with Gasteiger partial charge in [-0.15, -0.1) is 5.10 Å². The van der Waals surface area contributed by atoms with Crippen molar-refractivity contribution in [3.05, 3.63) is 53.9 Å². The predicted molar refractivity (Wildman–Crippen MR) is 102 cm³/mol. The van der Waals surface area contributed by atoms with Gasteiger partial charge in [0.2, 0.25) is 5.95 Å². The van der Waals surface area contributed by atoms with Crippen molar-refractivity contribution >= 4 is 11.6 Å². The molecule has 0 atom stereocenters. The van der Waals surface area contributed by atoms with Crippen molar-refractivity contribution in [1.82, 2.24) is 15.2 Å². The fourth-order valence-electron chi connectivity index (χ4n) is 3.40. The van der Waals surface area contributed by atoms with Crippen LogP contribution in [-0.4, -0.2) is 41.4 Å². The van der Waals surface area contributed by atoms with Gasteiger partial charge in [-0.1, -0.05) is 18.2 Å². The molecule has 6 nitrogen and oxygen atoms in total. The molecule has 134 valence electrons. The van der Waals surface area contributed by atoms with Crippen molar-refractivity contribution in [3.8, 4) is 11.5 Å². The molecule has 26 heavy (non-hydrogen) atoms. The molecule has 0 amide bonds. The van der Waals surface area contributed by atoms with Crippen LogP contribution >= 0.6 is 0 Å². The summed E-state index contributed by atoms with van der Waals surface area (Å²) < 4.78 is 5.67. The molecule has 3 heterocycles. The molecule has 0 radical (unpaired) electrons. The SMILES string of the molecule is Cc1ccc(-c2cnnc(N3CCCN(c4ccccc4C)CC3)n2)o1. The second kappa shape index (κ2) is 7.15. The molecule has 0 bridgehead atoms. The number of aryl methyl sites for hydroxylation is 2. The zero-order valence-corrected chi connectivity index (χ0v) is 15.2. The Labute approximate surface area is 153 Å². The summed E-state index contributed by atoms with van der Waals surface area (Å²) >= 11 is 0. The van der Waals surface area contributed by atoms with Crippen molar-refractivity contribution in [2.45, 2.75) is 20.3 Å². The van der Waals surface area contributed by atoms with Gasteiger partial charge in [-0.25, -0.2) is 4.98 Å². The van der Waals surface area contributed by atoms with Gasteiger partial charge in [-0.3, -0.25) is 0 Å². The third-order valence-corrected chi connectivity index (χ3v) is 4.78. The summed E-state index contributed by atoms with van der Waals surface area (Å²) in [6.07, 6.45) is 2.71. The van der Waals surface area contributed by atoms with E-state index in [9.17, 15) is 0 Å². The van der Waals surface area contributed by atoms with Gasteiger partial charge in [-0.05, 0) is 44.0 Å². The van der Waals surface area contributed by atoms with Crippen LogP contribution in [0.3, 0.4) is 0 Å². The normalized spacial score (nSPS) is 15.2. The van der Waals surface area contributed by atoms with Crippen LogP contribution in [0.15, 0.2) is 47.0 Å². The van der Waals surface area contributed by atoms with Gasteiger partial charge in [0.25, 0.3) is 0 Å². The van der Waals surface area contributed by atoms with E-state index in [0.29, 0.717) is 5.95 Å². The molecule has 1 aliphatic heterocycles. The quantitative estimate of drug-likeness (QED) is 0.722. The zero-order chi connectivity index (χ0) is 17.9. The number of furan rings is 1. The Kier molecular flexibility index (Phi) is 4.56. The van der Waals surface area contributed by atoms with Crippen molar-refractivity contribution < 1.29 is 4.42 Å². The van der Waals surface area contributed by atoms with E-state index in [0.717, 1.165) is 49.8 Å². The first-order chi connectivity index (χ1) is 12.7. The highest BCUT2D eigenvalue weighted by atomic mass is 16.3. The Balaban J connectivity index is 1.52. The number of aromatic nitrogens is 3. The van der Waals surface area contributed by atoms with E-state index in [1.807, 2.05) is 19.1 Å². The van der Waals surface area contributed by atoms with Crippen LogP contribution in [0.25, 0.3) is 11.5 Å². The van der Waals surface area contributed by atoms with Crippen molar-refractivity contribution in [1.29, 1.82) is 0 Å². The first-order valence-corrected chi connectivity index (χ1v) is 9.03. The number of hydrogen-bond acceptors (Lipinski definition) is 6. The average molecular weight is 349 g/mol. The Morgan fingerprint density at radius 2 is 1.73 bits per heavy atom. The van der Waals surface area contributed by atoms with Crippen LogP contribution in [-0.2, 0) is 0 Å². The number of anilines is 2. The van der Waals surface area contributed by atoms with E-state index in [2.05, 4.69) is 56.2 Å². The van der Waals surface area contributed by atoms with Crippen LogP contribution < -0.4 is 9.80 Å². The smallest absolute Gasteiger partial charge is 0.246 e. The summed E-state index contributed by atoms with van der Waals surface area (Å²) in [6, 6.07) is 12.4. The lowest BCUT2D eigenvalue weighted by atomic mass is 10.2. The maximum Gasteiger partial charge on any atom is 0.246 e. The lowest BCUT2D eigenvalue weighted by molar-refractivity contribution is 0.545. The summed E-state index contributed by atoms with van der Waals surface area (Å²) in [5.41, 5.74) is 3.35. The largest absolute Gasteiger partial charge is 0.460 e. The zero-order valence-electron chi connectivity index (χ0n) is 15.2. The average Bonchev–Trinajstić information content (AvgIpc) is 2.95. The summed E-state index contributed by atoms with van der Waals surface area (Å²) in [6.45, 7) is 7.86. The monoisotopic (exact) mass is 349 g/mol. The maximum absolute atomic E-state index is 5.67. The van der Waals surface area contributed by atoms with E-state index in [-0.39, 0.29) is 0 Å². The molecule has 0 N–H and O–H groups in total. The highest BCUT2D eigenvalue weighted by Crippen LogP contribution is 2.23. The van der Waals surface area contributed by atoms with E-state index in [1.165, 1.54) is 11.3 Å². The summed E-state index contributed by atoms with van der Waals surface area (Å²) in [5, 5.41) is 8.40. The Morgan fingerprint density at radius 3 is 2.54 bits per heavy atom. The summed E-state index contributed by atoms with van der Waals surface area (Å²) in [5.74, 6) is 2.27. The van der Waals surface area contributed by atoms with Gasteiger partial charge in [0.05, 0.1) is 6.20 Å². The second-order valence-corrected chi connectivity index (χ2v) is 6.67. The molecule has 6 heteroatoms. The van der Waals surface area contributed by atoms with E-state index >= 15 is 0 Å². The van der Waals surface area contributed by atoms with Crippen molar-refractivity contribution in [2.75, 3.05) is 36.0 Å². The van der Waals surface area contributed by atoms with Crippen molar-refractivity contribution in [2.24, 2.45) is 0 Å².